The zero-order valence-corrected chi connectivity index (χ0v) is 15.0. The van der Waals surface area contributed by atoms with Gasteiger partial charge >= 0.3 is 0 Å². The van der Waals surface area contributed by atoms with E-state index in [4.69, 9.17) is 5.11 Å². The molecule has 3 N–H and O–H groups in total. The fourth-order valence-electron chi connectivity index (χ4n) is 2.94. The monoisotopic (exact) mass is 315 g/mol. The van der Waals surface area contributed by atoms with Gasteiger partial charge in [0.05, 0.1) is 13.2 Å². The highest BCUT2D eigenvalue weighted by atomic mass is 16.3. The lowest BCUT2D eigenvalue weighted by atomic mass is 10.0. The molecule has 0 saturated heterocycles. The van der Waals surface area contributed by atoms with Crippen molar-refractivity contribution in [2.75, 3.05) is 19.8 Å². The molecular formula is C19H41NO2. The number of aliphatic hydroxyl groups excluding tert-OH is 2. The van der Waals surface area contributed by atoms with Crippen LogP contribution in [0.25, 0.3) is 0 Å². The van der Waals surface area contributed by atoms with Crippen LogP contribution in [0.4, 0.5) is 0 Å². The topological polar surface area (TPSA) is 52.5 Å². The molecule has 1 unspecified atom stereocenters. The standard InChI is InChI=1S/C19H41NO2/c1-2-3-4-5-6-7-8-9-10-11-12-13-14-15-19(18-22)20-16-17-21/h19-22H,2-18H2,1H3. The molecule has 0 saturated carbocycles. The first-order valence-electron chi connectivity index (χ1n) is 9.80. The van der Waals surface area contributed by atoms with Crippen LogP contribution in [0.15, 0.2) is 0 Å². The Hall–Kier alpha value is -0.120. The van der Waals surface area contributed by atoms with Crippen molar-refractivity contribution in [3.8, 4) is 0 Å². The second kappa shape index (κ2) is 18.9. The van der Waals surface area contributed by atoms with Crippen LogP contribution in [0.1, 0.15) is 96.8 Å². The molecule has 0 heterocycles. The first-order chi connectivity index (χ1) is 10.8. The van der Waals surface area contributed by atoms with Crippen molar-refractivity contribution in [1.82, 2.24) is 5.32 Å². The zero-order valence-electron chi connectivity index (χ0n) is 15.0. The molecule has 0 spiro atoms. The summed E-state index contributed by atoms with van der Waals surface area (Å²) < 4.78 is 0. The van der Waals surface area contributed by atoms with Gasteiger partial charge < -0.3 is 15.5 Å². The third kappa shape index (κ3) is 16.3. The Kier molecular flexibility index (Phi) is 18.8. The van der Waals surface area contributed by atoms with Crippen LogP contribution in [-0.2, 0) is 0 Å². The van der Waals surface area contributed by atoms with Crippen LogP contribution in [-0.4, -0.2) is 36.0 Å². The van der Waals surface area contributed by atoms with Gasteiger partial charge in [-0.2, -0.15) is 0 Å². The van der Waals surface area contributed by atoms with Crippen molar-refractivity contribution in [1.29, 1.82) is 0 Å². The largest absolute Gasteiger partial charge is 0.395 e. The zero-order chi connectivity index (χ0) is 16.3. The van der Waals surface area contributed by atoms with Crippen LogP contribution >= 0.6 is 0 Å². The summed E-state index contributed by atoms with van der Waals surface area (Å²) in [5.74, 6) is 0. The van der Waals surface area contributed by atoms with Crippen LogP contribution in [0, 0.1) is 0 Å². The minimum atomic E-state index is 0.148. The SMILES string of the molecule is CCCCCCCCCCCCCCCC(CO)NCCO. The number of hydrogen-bond acceptors (Lipinski definition) is 3. The Bertz CT molecular complexity index is 200. The predicted octanol–water partition coefficient (Wildman–Crippen LogP) is 4.41. The summed E-state index contributed by atoms with van der Waals surface area (Å²) in [5, 5.41) is 21.1. The second-order valence-electron chi connectivity index (χ2n) is 6.59. The van der Waals surface area contributed by atoms with Crippen molar-refractivity contribution in [3.63, 3.8) is 0 Å². The Labute approximate surface area is 138 Å². The fraction of sp³-hybridized carbons (Fsp3) is 1.00. The van der Waals surface area contributed by atoms with E-state index in [2.05, 4.69) is 12.2 Å². The van der Waals surface area contributed by atoms with Crippen molar-refractivity contribution in [3.05, 3.63) is 0 Å². The summed E-state index contributed by atoms with van der Waals surface area (Å²) in [6.07, 6.45) is 18.9. The first kappa shape index (κ1) is 21.9. The third-order valence-corrected chi connectivity index (χ3v) is 4.42. The first-order valence-corrected chi connectivity index (χ1v) is 9.80. The van der Waals surface area contributed by atoms with Gasteiger partial charge in [0, 0.05) is 12.6 Å². The lowest BCUT2D eigenvalue weighted by Crippen LogP contribution is -2.34. The van der Waals surface area contributed by atoms with Gasteiger partial charge in [0.1, 0.15) is 0 Å². The molecule has 0 radical (unpaired) electrons. The van der Waals surface area contributed by atoms with Crippen molar-refractivity contribution >= 4 is 0 Å². The fourth-order valence-corrected chi connectivity index (χ4v) is 2.94. The lowest BCUT2D eigenvalue weighted by molar-refractivity contribution is 0.217. The van der Waals surface area contributed by atoms with Crippen LogP contribution in [0.3, 0.4) is 0 Å². The maximum atomic E-state index is 9.20. The van der Waals surface area contributed by atoms with Crippen molar-refractivity contribution in [2.24, 2.45) is 0 Å². The van der Waals surface area contributed by atoms with E-state index in [1.165, 1.54) is 83.5 Å². The van der Waals surface area contributed by atoms with Gasteiger partial charge in [-0.15, -0.1) is 0 Å². The van der Waals surface area contributed by atoms with E-state index in [0.717, 1.165) is 6.42 Å². The van der Waals surface area contributed by atoms with Gasteiger partial charge in [-0.1, -0.05) is 90.4 Å². The molecule has 0 fully saturated rings. The molecule has 0 aromatic rings. The van der Waals surface area contributed by atoms with E-state index >= 15 is 0 Å². The molecule has 1 atom stereocenters. The summed E-state index contributed by atoms with van der Waals surface area (Å²) in [4.78, 5) is 0. The van der Waals surface area contributed by atoms with Crippen LogP contribution < -0.4 is 5.32 Å². The Morgan fingerprint density at radius 3 is 1.55 bits per heavy atom. The molecule has 0 aliphatic heterocycles. The molecule has 3 heteroatoms. The number of aliphatic hydroxyl groups is 2. The second-order valence-corrected chi connectivity index (χ2v) is 6.59. The number of rotatable bonds is 18. The van der Waals surface area contributed by atoms with Gasteiger partial charge in [0.2, 0.25) is 0 Å². The summed E-state index contributed by atoms with van der Waals surface area (Å²) in [5.41, 5.74) is 0. The molecule has 3 nitrogen and oxygen atoms in total. The van der Waals surface area contributed by atoms with E-state index in [9.17, 15) is 5.11 Å². The average molecular weight is 316 g/mol. The quantitative estimate of drug-likeness (QED) is 0.328. The maximum Gasteiger partial charge on any atom is 0.0584 e. The maximum absolute atomic E-state index is 9.20. The molecule has 22 heavy (non-hydrogen) atoms. The lowest BCUT2D eigenvalue weighted by Gasteiger charge is -2.15. The minimum absolute atomic E-state index is 0.148. The Balaban J connectivity index is 3.13. The molecule has 0 rings (SSSR count). The molecule has 0 aliphatic rings. The Morgan fingerprint density at radius 2 is 1.14 bits per heavy atom. The summed E-state index contributed by atoms with van der Waals surface area (Å²) >= 11 is 0. The van der Waals surface area contributed by atoms with E-state index in [1.54, 1.807) is 0 Å². The van der Waals surface area contributed by atoms with Crippen molar-refractivity contribution in [2.45, 2.75) is 103 Å². The number of nitrogens with one attached hydrogen (secondary N) is 1. The molecular weight excluding hydrogens is 274 g/mol. The highest BCUT2D eigenvalue weighted by Gasteiger charge is 2.05. The van der Waals surface area contributed by atoms with E-state index in [-0.39, 0.29) is 19.3 Å². The highest BCUT2D eigenvalue weighted by Crippen LogP contribution is 2.13. The minimum Gasteiger partial charge on any atom is -0.395 e. The van der Waals surface area contributed by atoms with Gasteiger partial charge in [0.25, 0.3) is 0 Å². The predicted molar refractivity (Wildman–Crippen MR) is 96.3 cm³/mol. The van der Waals surface area contributed by atoms with Crippen molar-refractivity contribution < 1.29 is 10.2 Å². The average Bonchev–Trinajstić information content (AvgIpc) is 2.54. The smallest absolute Gasteiger partial charge is 0.0584 e. The van der Waals surface area contributed by atoms with E-state index in [1.807, 2.05) is 0 Å². The normalized spacial score (nSPS) is 12.7. The van der Waals surface area contributed by atoms with E-state index in [0.29, 0.717) is 6.54 Å². The van der Waals surface area contributed by atoms with Crippen LogP contribution in [0.2, 0.25) is 0 Å². The molecule has 0 aromatic carbocycles. The summed E-state index contributed by atoms with van der Waals surface area (Å²) in [6.45, 7) is 3.19. The third-order valence-electron chi connectivity index (χ3n) is 4.42. The summed E-state index contributed by atoms with van der Waals surface area (Å²) in [7, 11) is 0. The molecule has 0 amide bonds. The highest BCUT2D eigenvalue weighted by molar-refractivity contribution is 4.65. The molecule has 134 valence electrons. The molecule has 0 aromatic heterocycles. The Morgan fingerprint density at radius 1 is 0.682 bits per heavy atom. The van der Waals surface area contributed by atoms with E-state index < -0.39 is 0 Å². The van der Waals surface area contributed by atoms with Gasteiger partial charge in [0.15, 0.2) is 0 Å². The van der Waals surface area contributed by atoms with Crippen LogP contribution in [0.5, 0.6) is 0 Å². The van der Waals surface area contributed by atoms with Gasteiger partial charge in [-0.3, -0.25) is 0 Å². The summed E-state index contributed by atoms with van der Waals surface area (Å²) in [6, 6.07) is 0.167. The number of hydrogen-bond donors (Lipinski definition) is 3. The molecule has 0 bridgehead atoms. The van der Waals surface area contributed by atoms with Gasteiger partial charge in [-0.25, -0.2) is 0 Å². The van der Waals surface area contributed by atoms with Gasteiger partial charge in [-0.05, 0) is 6.42 Å². The molecule has 0 aliphatic carbocycles. The number of unbranched alkanes of at least 4 members (excludes halogenated alkanes) is 12.